The van der Waals surface area contributed by atoms with Crippen molar-refractivity contribution in [3.8, 4) is 0 Å². The largest absolute Gasteiger partial charge is 0.376 e. The second-order valence-corrected chi connectivity index (χ2v) is 7.27. The fraction of sp³-hybridized carbons (Fsp3) is 0.474. The molecule has 0 radical (unpaired) electrons. The molecule has 1 aliphatic heterocycles. The van der Waals surface area contributed by atoms with Gasteiger partial charge in [-0.25, -0.2) is 4.79 Å². The van der Waals surface area contributed by atoms with Crippen LogP contribution in [0.4, 0.5) is 4.79 Å². The van der Waals surface area contributed by atoms with Gasteiger partial charge >= 0.3 is 6.03 Å². The predicted molar refractivity (Wildman–Crippen MR) is 103 cm³/mol. The van der Waals surface area contributed by atoms with Crippen LogP contribution in [0.15, 0.2) is 24.3 Å². The van der Waals surface area contributed by atoms with E-state index >= 15 is 0 Å². The first-order chi connectivity index (χ1) is 13.5. The summed E-state index contributed by atoms with van der Waals surface area (Å²) >= 11 is 0. The number of aryl methyl sites for hydroxylation is 1. The number of carbonyl (C=O) groups excluding carboxylic acids is 1. The molecule has 3 aromatic rings. The minimum absolute atomic E-state index is 0.0937. The van der Waals surface area contributed by atoms with E-state index in [4.69, 9.17) is 9.47 Å². The minimum atomic E-state index is -0.146. The first-order valence-electron chi connectivity index (χ1n) is 9.29. The first kappa shape index (κ1) is 18.6. The molecule has 9 nitrogen and oxygen atoms in total. The maximum Gasteiger partial charge on any atom is 0.319 e. The highest BCUT2D eigenvalue weighted by molar-refractivity contribution is 5.84. The average molecular weight is 384 g/mol. The molecule has 0 aliphatic carbocycles. The zero-order chi connectivity index (χ0) is 19.7. The normalized spacial score (nSPS) is 17.2. The predicted octanol–water partition coefficient (Wildman–Crippen LogP) is 1.48. The Morgan fingerprint density at radius 1 is 1.29 bits per heavy atom. The number of nitrogens with zero attached hydrogens (tertiary/aromatic N) is 6. The summed E-state index contributed by atoms with van der Waals surface area (Å²) in [5.74, 6) is 0. The second kappa shape index (κ2) is 7.69. The molecule has 0 spiro atoms. The summed E-state index contributed by atoms with van der Waals surface area (Å²) in [5.41, 5.74) is 3.61. The lowest BCUT2D eigenvalue weighted by Gasteiger charge is -2.31. The Hall–Kier alpha value is -2.78. The van der Waals surface area contributed by atoms with Crippen molar-refractivity contribution in [2.45, 2.75) is 19.6 Å². The zero-order valence-electron chi connectivity index (χ0n) is 16.3. The third kappa shape index (κ3) is 3.63. The van der Waals surface area contributed by atoms with E-state index in [1.807, 2.05) is 13.0 Å². The first-order valence-corrected chi connectivity index (χ1v) is 9.29. The van der Waals surface area contributed by atoms with Gasteiger partial charge in [-0.05, 0) is 35.0 Å². The molecule has 1 aliphatic rings. The third-order valence-electron chi connectivity index (χ3n) is 4.82. The molecule has 3 heterocycles. The number of tetrazole rings is 1. The summed E-state index contributed by atoms with van der Waals surface area (Å²) in [4.78, 5) is 16.1. The molecule has 0 bridgehead atoms. The van der Waals surface area contributed by atoms with Gasteiger partial charge in [0, 0.05) is 25.0 Å². The van der Waals surface area contributed by atoms with Crippen LogP contribution in [0, 0.1) is 6.92 Å². The number of ether oxygens (including phenoxy) is 2. The molecular weight excluding hydrogens is 360 g/mol. The Balaban J connectivity index is 1.70. The van der Waals surface area contributed by atoms with Crippen molar-refractivity contribution >= 4 is 22.6 Å². The van der Waals surface area contributed by atoms with E-state index in [9.17, 15) is 4.79 Å². The number of hydrogen-bond donors (Lipinski definition) is 0. The number of carbonyl (C=O) groups is 1. The van der Waals surface area contributed by atoms with Gasteiger partial charge in [0.05, 0.1) is 44.5 Å². The number of amides is 2. The Morgan fingerprint density at radius 3 is 2.89 bits per heavy atom. The van der Waals surface area contributed by atoms with E-state index in [0.29, 0.717) is 38.6 Å². The molecule has 0 saturated carbocycles. The quantitative estimate of drug-likeness (QED) is 0.677. The van der Waals surface area contributed by atoms with Crippen LogP contribution in [0.1, 0.15) is 11.1 Å². The number of aromatic nitrogens is 4. The van der Waals surface area contributed by atoms with E-state index < -0.39 is 0 Å². The van der Waals surface area contributed by atoms with Crippen LogP contribution in [-0.2, 0) is 16.0 Å². The molecule has 4 rings (SSSR count). The monoisotopic (exact) mass is 384 g/mol. The molecule has 1 saturated heterocycles. The van der Waals surface area contributed by atoms with Crippen molar-refractivity contribution < 1.29 is 14.3 Å². The molecule has 1 atom stereocenters. The van der Waals surface area contributed by atoms with Crippen molar-refractivity contribution in [3.63, 3.8) is 0 Å². The van der Waals surface area contributed by atoms with Gasteiger partial charge in [0.1, 0.15) is 0 Å². The molecule has 1 aromatic carbocycles. The SMILES string of the molecule is Cc1ccc2cc(CN(CC3COCCO3)C(=O)N(C)C)c3nnnn3c2c1. The highest BCUT2D eigenvalue weighted by atomic mass is 16.6. The molecule has 0 N–H and O–H groups in total. The number of rotatable bonds is 4. The van der Waals surface area contributed by atoms with Crippen molar-refractivity contribution in [2.75, 3.05) is 40.5 Å². The topological polar surface area (TPSA) is 85.1 Å². The van der Waals surface area contributed by atoms with Crippen LogP contribution in [0.3, 0.4) is 0 Å². The van der Waals surface area contributed by atoms with Gasteiger partial charge in [0.25, 0.3) is 0 Å². The van der Waals surface area contributed by atoms with E-state index in [0.717, 1.165) is 22.0 Å². The lowest BCUT2D eigenvalue weighted by Crippen LogP contribution is -2.46. The van der Waals surface area contributed by atoms with Crippen molar-refractivity contribution in [1.29, 1.82) is 0 Å². The summed E-state index contributed by atoms with van der Waals surface area (Å²) in [7, 11) is 3.48. The average Bonchev–Trinajstić information content (AvgIpc) is 3.18. The second-order valence-electron chi connectivity index (χ2n) is 7.27. The summed E-state index contributed by atoms with van der Waals surface area (Å²) in [5, 5.41) is 13.2. The number of pyridine rings is 1. The number of urea groups is 1. The smallest absolute Gasteiger partial charge is 0.319 e. The van der Waals surface area contributed by atoms with E-state index in [-0.39, 0.29) is 12.1 Å². The van der Waals surface area contributed by atoms with Gasteiger partial charge in [0.15, 0.2) is 5.65 Å². The Bertz CT molecular complexity index is 996. The Labute approximate surface area is 162 Å². The van der Waals surface area contributed by atoms with Crippen LogP contribution >= 0.6 is 0 Å². The summed E-state index contributed by atoms with van der Waals surface area (Å²) in [6.45, 7) is 4.47. The van der Waals surface area contributed by atoms with E-state index in [1.54, 1.807) is 28.4 Å². The Kier molecular flexibility index (Phi) is 5.10. The van der Waals surface area contributed by atoms with Gasteiger partial charge in [0.2, 0.25) is 0 Å². The van der Waals surface area contributed by atoms with Crippen LogP contribution in [0.5, 0.6) is 0 Å². The standard InChI is InChI=1S/C19H24N6O3/c1-13-4-5-14-9-15(18-20-21-22-25(18)17(14)8-13)10-24(19(26)23(2)3)11-16-12-27-6-7-28-16/h4-5,8-9,16H,6-7,10-12H2,1-3H3. The molecule has 2 aromatic heterocycles. The maximum atomic E-state index is 12.8. The molecule has 1 unspecified atom stereocenters. The van der Waals surface area contributed by atoms with Crippen LogP contribution in [0.25, 0.3) is 16.6 Å². The minimum Gasteiger partial charge on any atom is -0.376 e. The molecule has 28 heavy (non-hydrogen) atoms. The molecule has 148 valence electrons. The number of fused-ring (bicyclic) bond motifs is 3. The van der Waals surface area contributed by atoms with E-state index in [2.05, 4.69) is 33.7 Å². The van der Waals surface area contributed by atoms with Crippen LogP contribution < -0.4 is 0 Å². The lowest BCUT2D eigenvalue weighted by molar-refractivity contribution is -0.0951. The van der Waals surface area contributed by atoms with Crippen molar-refractivity contribution in [2.24, 2.45) is 0 Å². The fourth-order valence-electron chi connectivity index (χ4n) is 3.46. The van der Waals surface area contributed by atoms with Gasteiger partial charge in [-0.15, -0.1) is 5.10 Å². The summed E-state index contributed by atoms with van der Waals surface area (Å²) in [6, 6.07) is 8.11. The molecule has 9 heteroatoms. The number of benzene rings is 1. The van der Waals surface area contributed by atoms with Gasteiger partial charge in [-0.3, -0.25) is 0 Å². The number of hydrogen-bond acceptors (Lipinski definition) is 6. The third-order valence-corrected chi connectivity index (χ3v) is 4.82. The van der Waals surface area contributed by atoms with Crippen LogP contribution in [-0.4, -0.2) is 82.4 Å². The van der Waals surface area contributed by atoms with Crippen LogP contribution in [0.2, 0.25) is 0 Å². The Morgan fingerprint density at radius 2 is 2.14 bits per heavy atom. The van der Waals surface area contributed by atoms with Gasteiger partial charge in [-0.1, -0.05) is 12.1 Å². The maximum absolute atomic E-state index is 12.8. The zero-order valence-corrected chi connectivity index (χ0v) is 16.3. The summed E-state index contributed by atoms with van der Waals surface area (Å²) in [6.07, 6.45) is -0.146. The molecule has 2 amide bonds. The van der Waals surface area contributed by atoms with Crippen molar-refractivity contribution in [3.05, 3.63) is 35.4 Å². The highest BCUT2D eigenvalue weighted by Crippen LogP contribution is 2.22. The summed E-state index contributed by atoms with van der Waals surface area (Å²) < 4.78 is 13.0. The van der Waals surface area contributed by atoms with E-state index in [1.165, 1.54) is 0 Å². The fourth-order valence-corrected chi connectivity index (χ4v) is 3.46. The molecular formula is C19H24N6O3. The lowest BCUT2D eigenvalue weighted by atomic mass is 10.1. The van der Waals surface area contributed by atoms with Gasteiger partial charge in [-0.2, -0.15) is 4.52 Å². The van der Waals surface area contributed by atoms with Gasteiger partial charge < -0.3 is 19.3 Å². The highest BCUT2D eigenvalue weighted by Gasteiger charge is 2.24. The van der Waals surface area contributed by atoms with Crippen molar-refractivity contribution in [1.82, 2.24) is 29.8 Å². The molecule has 1 fully saturated rings.